The van der Waals surface area contributed by atoms with E-state index in [1.165, 1.54) is 0 Å². The standard InChI is InChI=1S/C3H6O2.Sr.2H/c1-2-3(4)5;;;/h2H2,1H3,(H,4,5);;;/q;+2;2*-1. The fourth-order valence-electron chi connectivity index (χ4n) is 0. The van der Waals surface area contributed by atoms with Crippen LogP contribution in [0.1, 0.15) is 16.2 Å². The first-order chi connectivity index (χ1) is 2.27. The van der Waals surface area contributed by atoms with Crippen LogP contribution < -0.4 is 0 Å². The zero-order valence-corrected chi connectivity index (χ0v) is 7.25. The van der Waals surface area contributed by atoms with E-state index in [1.807, 2.05) is 0 Å². The Kier molecular flexibility index (Phi) is 9.96. The van der Waals surface area contributed by atoms with E-state index in [-0.39, 0.29) is 54.8 Å². The number of carboxylic acid groups (broad SMARTS) is 1. The molecule has 0 bridgehead atoms. The van der Waals surface area contributed by atoms with Crippen molar-refractivity contribution in [2.45, 2.75) is 13.3 Å². The number of rotatable bonds is 1. The first-order valence-electron chi connectivity index (χ1n) is 1.49. The molecular weight excluding hydrogens is 156 g/mol. The van der Waals surface area contributed by atoms with Gasteiger partial charge in [0.25, 0.3) is 0 Å². The molecule has 0 aromatic carbocycles. The number of carbonyl (C=O) groups is 1. The molecule has 34 valence electrons. The zero-order chi connectivity index (χ0) is 4.28. The summed E-state index contributed by atoms with van der Waals surface area (Å²) in [6.45, 7) is 1.60. The molecule has 0 aromatic heterocycles. The predicted octanol–water partition coefficient (Wildman–Crippen LogP) is 0.325. The zero-order valence-electron chi connectivity index (χ0n) is 5.77. The molecule has 0 radical (unpaired) electrons. The van der Waals surface area contributed by atoms with Crippen molar-refractivity contribution in [1.29, 1.82) is 0 Å². The molecule has 0 amide bonds. The predicted molar refractivity (Wildman–Crippen MR) is 25.9 cm³/mol. The van der Waals surface area contributed by atoms with Crippen LogP contribution >= 0.6 is 0 Å². The van der Waals surface area contributed by atoms with Crippen molar-refractivity contribution in [3.05, 3.63) is 0 Å². The molecule has 0 saturated carbocycles. The SMILES string of the molecule is CCC(=O)O.[H-].[H-].[Sr+2]. The van der Waals surface area contributed by atoms with Crippen molar-refractivity contribution >= 4 is 51.5 Å². The second-order valence-corrected chi connectivity index (χ2v) is 0.747. The van der Waals surface area contributed by atoms with Crippen LogP contribution in [0.5, 0.6) is 0 Å². The Balaban J connectivity index is -0.0000000267. The van der Waals surface area contributed by atoms with E-state index in [0.29, 0.717) is 0 Å². The third-order valence-electron chi connectivity index (χ3n) is 0.302. The van der Waals surface area contributed by atoms with Crippen molar-refractivity contribution in [3.8, 4) is 0 Å². The molecule has 1 N–H and O–H groups in total. The first-order valence-corrected chi connectivity index (χ1v) is 1.49. The van der Waals surface area contributed by atoms with Gasteiger partial charge in [0.2, 0.25) is 0 Å². The number of hydrogen-bond acceptors (Lipinski definition) is 1. The smallest absolute Gasteiger partial charge is 1.00 e. The van der Waals surface area contributed by atoms with Gasteiger partial charge in [-0.2, -0.15) is 0 Å². The minimum absolute atomic E-state index is 0. The van der Waals surface area contributed by atoms with E-state index in [0.717, 1.165) is 0 Å². The number of hydrogen-bond donors (Lipinski definition) is 1. The molecule has 0 saturated heterocycles. The molecule has 0 rings (SSSR count). The minimum Gasteiger partial charge on any atom is -1.00 e. The second kappa shape index (κ2) is 5.95. The Morgan fingerprint density at radius 3 is 2.17 bits per heavy atom. The maximum atomic E-state index is 9.37. The largest absolute Gasteiger partial charge is 2.00 e. The van der Waals surface area contributed by atoms with Gasteiger partial charge in [0.15, 0.2) is 0 Å². The van der Waals surface area contributed by atoms with Crippen LogP contribution in [-0.2, 0) is 4.79 Å². The van der Waals surface area contributed by atoms with E-state index < -0.39 is 5.97 Å². The van der Waals surface area contributed by atoms with Crippen molar-refractivity contribution in [2.24, 2.45) is 0 Å². The molecule has 3 heteroatoms. The summed E-state index contributed by atoms with van der Waals surface area (Å²) in [4.78, 5) is 9.37. The fraction of sp³-hybridized carbons (Fsp3) is 0.667. The summed E-state index contributed by atoms with van der Waals surface area (Å²) >= 11 is 0. The number of carboxylic acids is 1. The quantitative estimate of drug-likeness (QED) is 0.566. The molecule has 0 heterocycles. The van der Waals surface area contributed by atoms with Crippen molar-refractivity contribution in [3.63, 3.8) is 0 Å². The molecule has 0 aromatic rings. The van der Waals surface area contributed by atoms with Crippen LogP contribution in [0.15, 0.2) is 0 Å². The molecule has 6 heavy (non-hydrogen) atoms. The van der Waals surface area contributed by atoms with Crippen LogP contribution in [0.25, 0.3) is 0 Å². The normalized spacial score (nSPS) is 6.17. The molecule has 2 nitrogen and oxygen atoms in total. The van der Waals surface area contributed by atoms with E-state index in [9.17, 15) is 4.79 Å². The van der Waals surface area contributed by atoms with E-state index in [1.54, 1.807) is 6.92 Å². The Labute approximate surface area is 76.8 Å². The Hall–Kier alpha value is 0.951. The van der Waals surface area contributed by atoms with E-state index in [4.69, 9.17) is 5.11 Å². The van der Waals surface area contributed by atoms with Gasteiger partial charge in [0.1, 0.15) is 0 Å². The van der Waals surface area contributed by atoms with Crippen LogP contribution in [0.2, 0.25) is 0 Å². The summed E-state index contributed by atoms with van der Waals surface area (Å²) in [5.74, 6) is -0.745. The molecule has 0 aliphatic carbocycles. The minimum atomic E-state index is -0.745. The summed E-state index contributed by atoms with van der Waals surface area (Å²) in [5, 5.41) is 7.72. The van der Waals surface area contributed by atoms with Gasteiger partial charge < -0.3 is 7.96 Å². The third-order valence-corrected chi connectivity index (χ3v) is 0.302. The summed E-state index contributed by atoms with van der Waals surface area (Å²) in [6, 6.07) is 0. The summed E-state index contributed by atoms with van der Waals surface area (Å²) in [6.07, 6.45) is 0.222. The van der Waals surface area contributed by atoms with E-state index >= 15 is 0 Å². The molecular formula is C3H8O2Sr. The topological polar surface area (TPSA) is 37.3 Å². The molecule has 0 fully saturated rings. The van der Waals surface area contributed by atoms with Gasteiger partial charge in [-0.3, -0.25) is 4.79 Å². The van der Waals surface area contributed by atoms with Crippen LogP contribution in [0, 0.1) is 0 Å². The van der Waals surface area contributed by atoms with Gasteiger partial charge in [-0.25, -0.2) is 0 Å². The molecule has 0 atom stereocenters. The first kappa shape index (κ1) is 10.0. The maximum Gasteiger partial charge on any atom is 2.00 e. The maximum absolute atomic E-state index is 9.37. The van der Waals surface area contributed by atoms with Crippen molar-refractivity contribution < 1.29 is 12.8 Å². The van der Waals surface area contributed by atoms with E-state index in [2.05, 4.69) is 0 Å². The number of aliphatic carboxylic acids is 1. The van der Waals surface area contributed by atoms with Gasteiger partial charge in [-0.05, 0) is 0 Å². The van der Waals surface area contributed by atoms with Crippen LogP contribution in [-0.4, -0.2) is 56.6 Å². The van der Waals surface area contributed by atoms with Crippen molar-refractivity contribution in [2.75, 3.05) is 0 Å². The summed E-state index contributed by atoms with van der Waals surface area (Å²) in [7, 11) is 0. The average Bonchev–Trinajstić information content (AvgIpc) is 1.38. The van der Waals surface area contributed by atoms with Gasteiger partial charge in [0.05, 0.1) is 0 Å². The summed E-state index contributed by atoms with van der Waals surface area (Å²) < 4.78 is 0. The van der Waals surface area contributed by atoms with Gasteiger partial charge in [-0.1, -0.05) is 6.92 Å². The van der Waals surface area contributed by atoms with Gasteiger partial charge >= 0.3 is 51.5 Å². The van der Waals surface area contributed by atoms with Gasteiger partial charge in [-0.15, -0.1) is 0 Å². The molecule has 0 aliphatic heterocycles. The monoisotopic (exact) mass is 164 g/mol. The average molecular weight is 164 g/mol. The van der Waals surface area contributed by atoms with Gasteiger partial charge in [0, 0.05) is 6.42 Å². The van der Waals surface area contributed by atoms with Crippen molar-refractivity contribution in [1.82, 2.24) is 0 Å². The van der Waals surface area contributed by atoms with Crippen LogP contribution in [0.3, 0.4) is 0 Å². The molecule has 0 aliphatic rings. The van der Waals surface area contributed by atoms with Crippen LogP contribution in [0.4, 0.5) is 0 Å². The Morgan fingerprint density at radius 1 is 2.00 bits per heavy atom. The molecule has 0 unspecified atom stereocenters. The third kappa shape index (κ3) is 8.87. The summed E-state index contributed by atoms with van der Waals surface area (Å²) in [5.41, 5.74) is 0. The Bertz CT molecular complexity index is 50.5. The fourth-order valence-corrected chi connectivity index (χ4v) is 0. The molecule has 0 spiro atoms. The second-order valence-electron chi connectivity index (χ2n) is 0.747. The Morgan fingerprint density at radius 2 is 2.17 bits per heavy atom.